The summed E-state index contributed by atoms with van der Waals surface area (Å²) in [4.78, 5) is 2.45. The van der Waals surface area contributed by atoms with E-state index in [2.05, 4.69) is 43.0 Å². The van der Waals surface area contributed by atoms with Crippen molar-refractivity contribution in [3.63, 3.8) is 0 Å². The summed E-state index contributed by atoms with van der Waals surface area (Å²) in [6, 6.07) is 9.54. The Labute approximate surface area is 92.1 Å². The van der Waals surface area contributed by atoms with Gasteiger partial charge in [-0.05, 0) is 38.3 Å². The van der Waals surface area contributed by atoms with Gasteiger partial charge in [-0.2, -0.15) is 0 Å². The molecule has 2 N–H and O–H groups in total. The molecule has 1 aromatic rings. The van der Waals surface area contributed by atoms with Crippen molar-refractivity contribution >= 4 is 5.69 Å². The van der Waals surface area contributed by atoms with Crippen LogP contribution < -0.4 is 10.6 Å². The monoisotopic (exact) mass is 204 g/mol. The van der Waals surface area contributed by atoms with Crippen LogP contribution in [-0.4, -0.2) is 18.6 Å². The van der Waals surface area contributed by atoms with Crippen molar-refractivity contribution in [2.24, 2.45) is 5.73 Å². The van der Waals surface area contributed by atoms with Gasteiger partial charge in [0, 0.05) is 24.3 Å². The molecule has 0 aromatic heterocycles. The number of nitrogens with zero attached hydrogens (tertiary/aromatic N) is 1. The molecule has 0 spiro atoms. The number of hydrogen-bond donors (Lipinski definition) is 1. The van der Waals surface area contributed by atoms with E-state index in [0.29, 0.717) is 6.04 Å². The fourth-order valence-electron chi connectivity index (χ4n) is 2.35. The SMILES string of the molecule is CC(N)CN1c2ccccc2CCC1C. The van der Waals surface area contributed by atoms with E-state index in [1.165, 1.54) is 24.1 Å². The zero-order chi connectivity index (χ0) is 10.8. The van der Waals surface area contributed by atoms with Gasteiger partial charge in [0.05, 0.1) is 0 Å². The highest BCUT2D eigenvalue weighted by Gasteiger charge is 2.22. The molecule has 2 rings (SSSR count). The molecule has 2 heteroatoms. The highest BCUT2D eigenvalue weighted by Crippen LogP contribution is 2.30. The third-order valence-corrected chi connectivity index (χ3v) is 3.15. The molecular formula is C13H20N2. The summed E-state index contributed by atoms with van der Waals surface area (Å²) in [7, 11) is 0. The number of benzene rings is 1. The molecule has 0 radical (unpaired) electrons. The maximum absolute atomic E-state index is 5.90. The van der Waals surface area contributed by atoms with Gasteiger partial charge in [-0.3, -0.25) is 0 Å². The lowest BCUT2D eigenvalue weighted by molar-refractivity contribution is 0.537. The van der Waals surface area contributed by atoms with Gasteiger partial charge in [0.1, 0.15) is 0 Å². The van der Waals surface area contributed by atoms with Gasteiger partial charge in [-0.25, -0.2) is 0 Å². The van der Waals surface area contributed by atoms with Crippen molar-refractivity contribution in [2.75, 3.05) is 11.4 Å². The lowest BCUT2D eigenvalue weighted by Gasteiger charge is -2.38. The lowest BCUT2D eigenvalue weighted by Crippen LogP contribution is -2.43. The average Bonchev–Trinajstić information content (AvgIpc) is 2.22. The molecule has 2 nitrogen and oxygen atoms in total. The minimum Gasteiger partial charge on any atom is -0.367 e. The third-order valence-electron chi connectivity index (χ3n) is 3.15. The van der Waals surface area contributed by atoms with E-state index in [1.807, 2.05) is 0 Å². The smallest absolute Gasteiger partial charge is 0.0401 e. The Kier molecular flexibility index (Phi) is 2.96. The van der Waals surface area contributed by atoms with Crippen LogP contribution in [0.25, 0.3) is 0 Å². The molecular weight excluding hydrogens is 184 g/mol. The average molecular weight is 204 g/mol. The highest BCUT2D eigenvalue weighted by molar-refractivity contribution is 5.56. The molecule has 0 saturated carbocycles. The Balaban J connectivity index is 2.28. The lowest BCUT2D eigenvalue weighted by atomic mass is 9.96. The van der Waals surface area contributed by atoms with Crippen LogP contribution in [0.3, 0.4) is 0 Å². The molecule has 0 aliphatic carbocycles. The first-order valence-corrected chi connectivity index (χ1v) is 5.78. The molecule has 15 heavy (non-hydrogen) atoms. The Bertz CT molecular complexity index is 333. The first kappa shape index (κ1) is 10.5. The summed E-state index contributed by atoms with van der Waals surface area (Å²) in [5, 5.41) is 0. The second-order valence-electron chi connectivity index (χ2n) is 4.65. The van der Waals surface area contributed by atoms with Crippen LogP contribution in [0.2, 0.25) is 0 Å². The standard InChI is InChI=1S/C13H20N2/c1-10(14)9-15-11(2)7-8-12-5-3-4-6-13(12)15/h3-6,10-11H,7-9,14H2,1-2H3. The van der Waals surface area contributed by atoms with Crippen LogP contribution in [0.1, 0.15) is 25.8 Å². The molecule has 0 fully saturated rings. The summed E-state index contributed by atoms with van der Waals surface area (Å²) in [5.74, 6) is 0. The molecule has 82 valence electrons. The van der Waals surface area contributed by atoms with Crippen molar-refractivity contribution in [1.29, 1.82) is 0 Å². The van der Waals surface area contributed by atoms with E-state index in [4.69, 9.17) is 5.73 Å². The minimum atomic E-state index is 0.235. The summed E-state index contributed by atoms with van der Waals surface area (Å²) < 4.78 is 0. The third kappa shape index (κ3) is 2.15. The van der Waals surface area contributed by atoms with E-state index in [1.54, 1.807) is 0 Å². The Morgan fingerprint density at radius 3 is 2.93 bits per heavy atom. The van der Waals surface area contributed by atoms with E-state index in [-0.39, 0.29) is 6.04 Å². The number of aryl methyl sites for hydroxylation is 1. The predicted octanol–water partition coefficient (Wildman–Crippen LogP) is 2.17. The van der Waals surface area contributed by atoms with Crippen LogP contribution >= 0.6 is 0 Å². The summed E-state index contributed by atoms with van der Waals surface area (Å²) in [6.07, 6.45) is 2.44. The number of fused-ring (bicyclic) bond motifs is 1. The number of rotatable bonds is 2. The first-order valence-electron chi connectivity index (χ1n) is 5.78. The fourth-order valence-corrected chi connectivity index (χ4v) is 2.35. The number of hydrogen-bond acceptors (Lipinski definition) is 2. The number of para-hydroxylation sites is 1. The molecule has 2 unspecified atom stereocenters. The topological polar surface area (TPSA) is 29.3 Å². The van der Waals surface area contributed by atoms with Gasteiger partial charge in [0.15, 0.2) is 0 Å². The zero-order valence-corrected chi connectivity index (χ0v) is 9.61. The number of nitrogens with two attached hydrogens (primary N) is 1. The summed E-state index contributed by atoms with van der Waals surface area (Å²) in [5.41, 5.74) is 8.75. The van der Waals surface area contributed by atoms with Crippen LogP contribution in [0.4, 0.5) is 5.69 Å². The minimum absolute atomic E-state index is 0.235. The van der Waals surface area contributed by atoms with Gasteiger partial charge >= 0.3 is 0 Å². The molecule has 1 aliphatic rings. The second kappa shape index (κ2) is 4.23. The maximum atomic E-state index is 5.90. The number of anilines is 1. The van der Waals surface area contributed by atoms with Crippen LogP contribution in [-0.2, 0) is 6.42 Å². The summed E-state index contributed by atoms with van der Waals surface area (Å²) >= 11 is 0. The summed E-state index contributed by atoms with van der Waals surface area (Å²) in [6.45, 7) is 5.32. The Hall–Kier alpha value is -1.02. The van der Waals surface area contributed by atoms with Gasteiger partial charge in [0.25, 0.3) is 0 Å². The molecule has 1 aromatic carbocycles. The van der Waals surface area contributed by atoms with Crippen molar-refractivity contribution in [1.82, 2.24) is 0 Å². The molecule has 2 atom stereocenters. The second-order valence-corrected chi connectivity index (χ2v) is 4.65. The van der Waals surface area contributed by atoms with Crippen molar-refractivity contribution in [2.45, 2.75) is 38.8 Å². The maximum Gasteiger partial charge on any atom is 0.0401 e. The first-order chi connectivity index (χ1) is 7.18. The molecule has 1 aliphatic heterocycles. The van der Waals surface area contributed by atoms with Crippen molar-refractivity contribution in [3.8, 4) is 0 Å². The van der Waals surface area contributed by atoms with E-state index >= 15 is 0 Å². The van der Waals surface area contributed by atoms with Crippen LogP contribution in [0, 0.1) is 0 Å². The van der Waals surface area contributed by atoms with Gasteiger partial charge in [-0.15, -0.1) is 0 Å². The van der Waals surface area contributed by atoms with Crippen molar-refractivity contribution < 1.29 is 0 Å². The van der Waals surface area contributed by atoms with Crippen LogP contribution in [0.15, 0.2) is 24.3 Å². The molecule has 0 bridgehead atoms. The van der Waals surface area contributed by atoms with Gasteiger partial charge in [0.2, 0.25) is 0 Å². The molecule has 0 amide bonds. The Morgan fingerprint density at radius 1 is 1.47 bits per heavy atom. The van der Waals surface area contributed by atoms with E-state index in [0.717, 1.165) is 6.54 Å². The van der Waals surface area contributed by atoms with Crippen LogP contribution in [0.5, 0.6) is 0 Å². The normalized spacial score (nSPS) is 22.3. The van der Waals surface area contributed by atoms with E-state index < -0.39 is 0 Å². The zero-order valence-electron chi connectivity index (χ0n) is 9.61. The van der Waals surface area contributed by atoms with E-state index in [9.17, 15) is 0 Å². The largest absolute Gasteiger partial charge is 0.367 e. The van der Waals surface area contributed by atoms with Gasteiger partial charge in [-0.1, -0.05) is 18.2 Å². The fraction of sp³-hybridized carbons (Fsp3) is 0.538. The quantitative estimate of drug-likeness (QED) is 0.800. The Morgan fingerprint density at radius 2 is 2.20 bits per heavy atom. The van der Waals surface area contributed by atoms with Gasteiger partial charge < -0.3 is 10.6 Å². The molecule has 0 saturated heterocycles. The highest BCUT2D eigenvalue weighted by atomic mass is 15.2. The molecule has 1 heterocycles. The van der Waals surface area contributed by atoms with Crippen molar-refractivity contribution in [3.05, 3.63) is 29.8 Å². The predicted molar refractivity (Wildman–Crippen MR) is 65.2 cm³/mol.